The van der Waals surface area contributed by atoms with E-state index in [1.807, 2.05) is 0 Å². The zero-order valence-electron chi connectivity index (χ0n) is 14.9. The van der Waals surface area contributed by atoms with E-state index >= 15 is 0 Å². The van der Waals surface area contributed by atoms with Crippen LogP contribution in [0.2, 0.25) is 0 Å². The number of aromatic nitrogens is 2. The van der Waals surface area contributed by atoms with Crippen molar-refractivity contribution in [1.82, 2.24) is 9.78 Å². The van der Waals surface area contributed by atoms with Crippen LogP contribution >= 0.6 is 12.2 Å². The second kappa shape index (κ2) is 8.50. The van der Waals surface area contributed by atoms with E-state index in [4.69, 9.17) is 21.7 Å². The second-order valence-electron chi connectivity index (χ2n) is 5.67. The highest BCUT2D eigenvalue weighted by molar-refractivity contribution is 7.80. The number of ether oxygens (including phenoxy) is 2. The van der Waals surface area contributed by atoms with E-state index in [0.717, 1.165) is 5.69 Å². The number of nitrogens with one attached hydrogen (secondary N) is 2. The van der Waals surface area contributed by atoms with Gasteiger partial charge < -0.3 is 20.1 Å². The Morgan fingerprint density at radius 3 is 2.44 bits per heavy atom. The van der Waals surface area contributed by atoms with Crippen molar-refractivity contribution in [1.29, 1.82) is 0 Å². The molecule has 2 aromatic carbocycles. The molecule has 0 bridgehead atoms. The van der Waals surface area contributed by atoms with E-state index in [1.54, 1.807) is 67.6 Å². The minimum Gasteiger partial charge on any atom is -0.497 e. The summed E-state index contributed by atoms with van der Waals surface area (Å²) in [5, 5.41) is 10.8. The minimum atomic E-state index is -0.258. The standard InChI is InChI=1S/C19H19FN4O2S/c1-25-15-9-14(10-16(11-15)26-2)21-19(27)22-18-7-8-24(23-18)12-13-5-3-4-6-17(13)20/h3-11H,12H2,1-2H3,(H2,21,22,23,27). The lowest BCUT2D eigenvalue weighted by Gasteiger charge is -2.11. The average molecular weight is 386 g/mol. The molecule has 0 saturated carbocycles. The van der Waals surface area contributed by atoms with Crippen LogP contribution in [0.3, 0.4) is 0 Å². The van der Waals surface area contributed by atoms with E-state index < -0.39 is 0 Å². The molecule has 0 spiro atoms. The number of rotatable bonds is 6. The molecule has 0 aliphatic heterocycles. The first-order valence-corrected chi connectivity index (χ1v) is 8.56. The summed E-state index contributed by atoms with van der Waals surface area (Å²) >= 11 is 5.32. The zero-order chi connectivity index (χ0) is 19.2. The summed E-state index contributed by atoms with van der Waals surface area (Å²) < 4.78 is 25.9. The minimum absolute atomic E-state index is 0.258. The summed E-state index contributed by atoms with van der Waals surface area (Å²) in [6, 6.07) is 13.7. The van der Waals surface area contributed by atoms with Crippen molar-refractivity contribution in [3.63, 3.8) is 0 Å². The zero-order valence-corrected chi connectivity index (χ0v) is 15.7. The van der Waals surface area contributed by atoms with Gasteiger partial charge >= 0.3 is 0 Å². The number of halogens is 1. The van der Waals surface area contributed by atoms with Crippen LogP contribution in [0.25, 0.3) is 0 Å². The van der Waals surface area contributed by atoms with E-state index in [0.29, 0.717) is 34.5 Å². The number of thiocarbonyl (C=S) groups is 1. The first kappa shape index (κ1) is 18.7. The van der Waals surface area contributed by atoms with Gasteiger partial charge in [-0.05, 0) is 18.3 Å². The maximum atomic E-state index is 13.8. The molecule has 0 aliphatic rings. The van der Waals surface area contributed by atoms with Crippen molar-refractivity contribution in [2.24, 2.45) is 0 Å². The van der Waals surface area contributed by atoms with Crippen LogP contribution < -0.4 is 20.1 Å². The molecule has 1 heterocycles. The molecule has 140 valence electrons. The molecule has 8 heteroatoms. The molecule has 6 nitrogen and oxygen atoms in total. The molecule has 0 radical (unpaired) electrons. The number of methoxy groups -OCH3 is 2. The number of hydrogen-bond donors (Lipinski definition) is 2. The van der Waals surface area contributed by atoms with Gasteiger partial charge in [0.25, 0.3) is 0 Å². The number of hydrogen-bond acceptors (Lipinski definition) is 4. The summed E-state index contributed by atoms with van der Waals surface area (Å²) in [5.74, 6) is 1.59. The molecule has 0 atom stereocenters. The Bertz CT molecular complexity index is 923. The van der Waals surface area contributed by atoms with Gasteiger partial charge in [-0.3, -0.25) is 4.68 Å². The molecule has 3 aromatic rings. The highest BCUT2D eigenvalue weighted by atomic mass is 32.1. The van der Waals surface area contributed by atoms with Crippen molar-refractivity contribution >= 4 is 28.8 Å². The van der Waals surface area contributed by atoms with Crippen LogP contribution in [0, 0.1) is 5.82 Å². The van der Waals surface area contributed by atoms with Crippen LogP contribution in [0.4, 0.5) is 15.9 Å². The van der Waals surface area contributed by atoms with E-state index in [2.05, 4.69) is 15.7 Å². The molecule has 0 unspecified atom stereocenters. The summed E-state index contributed by atoms with van der Waals surface area (Å²) in [6.45, 7) is 0.335. The van der Waals surface area contributed by atoms with Crippen molar-refractivity contribution in [2.45, 2.75) is 6.54 Å². The normalized spacial score (nSPS) is 10.3. The predicted octanol–water partition coefficient (Wildman–Crippen LogP) is 3.90. The molecule has 2 N–H and O–H groups in total. The van der Waals surface area contributed by atoms with Gasteiger partial charge in [0.1, 0.15) is 17.3 Å². The van der Waals surface area contributed by atoms with Crippen LogP contribution in [-0.2, 0) is 6.54 Å². The maximum absolute atomic E-state index is 13.8. The van der Waals surface area contributed by atoms with Crippen molar-refractivity contribution < 1.29 is 13.9 Å². The Hall–Kier alpha value is -3.13. The Labute approximate surface area is 161 Å². The van der Waals surface area contributed by atoms with Gasteiger partial charge in [0.05, 0.1) is 20.8 Å². The Kier molecular flexibility index (Phi) is 5.87. The Morgan fingerprint density at radius 2 is 1.78 bits per heavy atom. The topological polar surface area (TPSA) is 60.3 Å². The van der Waals surface area contributed by atoms with Gasteiger partial charge in [-0.15, -0.1) is 0 Å². The lowest BCUT2D eigenvalue weighted by Crippen LogP contribution is -2.19. The molecular formula is C19H19FN4O2S. The van der Waals surface area contributed by atoms with E-state index in [9.17, 15) is 4.39 Å². The third kappa shape index (κ3) is 4.95. The van der Waals surface area contributed by atoms with Gasteiger partial charge in [-0.2, -0.15) is 5.10 Å². The largest absolute Gasteiger partial charge is 0.497 e. The fourth-order valence-corrected chi connectivity index (χ4v) is 2.70. The lowest BCUT2D eigenvalue weighted by molar-refractivity contribution is 0.395. The van der Waals surface area contributed by atoms with Gasteiger partial charge in [0.15, 0.2) is 10.9 Å². The first-order chi connectivity index (χ1) is 13.1. The molecule has 27 heavy (non-hydrogen) atoms. The molecule has 0 aliphatic carbocycles. The molecule has 0 fully saturated rings. The van der Waals surface area contributed by atoms with E-state index in [1.165, 1.54) is 6.07 Å². The molecule has 1 aromatic heterocycles. The van der Waals surface area contributed by atoms with Gasteiger partial charge in [0.2, 0.25) is 0 Å². The molecule has 0 amide bonds. The smallest absolute Gasteiger partial charge is 0.176 e. The Morgan fingerprint density at radius 1 is 1.07 bits per heavy atom. The van der Waals surface area contributed by atoms with E-state index in [-0.39, 0.29) is 5.82 Å². The molecular weight excluding hydrogens is 367 g/mol. The monoisotopic (exact) mass is 386 g/mol. The highest BCUT2D eigenvalue weighted by Gasteiger charge is 2.07. The van der Waals surface area contributed by atoms with Crippen molar-refractivity contribution in [3.8, 4) is 11.5 Å². The third-order valence-corrected chi connectivity index (χ3v) is 3.99. The number of nitrogens with zero attached hydrogens (tertiary/aromatic N) is 2. The SMILES string of the molecule is COc1cc(NC(=S)Nc2ccn(Cc3ccccc3F)n2)cc(OC)c1. The summed E-state index contributed by atoms with van der Waals surface area (Å²) in [6.07, 6.45) is 1.76. The molecule has 3 rings (SSSR count). The summed E-state index contributed by atoms with van der Waals surface area (Å²) in [5.41, 5.74) is 1.28. The molecule has 0 saturated heterocycles. The number of benzene rings is 2. The van der Waals surface area contributed by atoms with Crippen molar-refractivity contribution in [3.05, 3.63) is 66.1 Å². The summed E-state index contributed by atoms with van der Waals surface area (Å²) in [4.78, 5) is 0. The highest BCUT2D eigenvalue weighted by Crippen LogP contribution is 2.25. The lowest BCUT2D eigenvalue weighted by atomic mass is 10.2. The van der Waals surface area contributed by atoms with Gasteiger partial charge in [-0.25, -0.2) is 4.39 Å². The Balaban J connectivity index is 1.63. The quantitative estimate of drug-likeness (QED) is 0.627. The van der Waals surface area contributed by atoms with Crippen LogP contribution in [0.1, 0.15) is 5.56 Å². The fourth-order valence-electron chi connectivity index (χ4n) is 2.48. The third-order valence-electron chi connectivity index (χ3n) is 3.78. The van der Waals surface area contributed by atoms with Crippen LogP contribution in [-0.4, -0.2) is 29.1 Å². The van der Waals surface area contributed by atoms with Gasteiger partial charge in [0, 0.05) is 41.7 Å². The first-order valence-electron chi connectivity index (χ1n) is 8.15. The van der Waals surface area contributed by atoms with Crippen molar-refractivity contribution in [2.75, 3.05) is 24.9 Å². The summed E-state index contributed by atoms with van der Waals surface area (Å²) in [7, 11) is 3.16. The predicted molar refractivity (Wildman–Crippen MR) is 107 cm³/mol. The number of anilines is 2. The average Bonchev–Trinajstić information content (AvgIpc) is 3.09. The van der Waals surface area contributed by atoms with Gasteiger partial charge in [-0.1, -0.05) is 18.2 Å². The van der Waals surface area contributed by atoms with Crippen LogP contribution in [0.5, 0.6) is 11.5 Å². The fraction of sp³-hybridized carbons (Fsp3) is 0.158. The maximum Gasteiger partial charge on any atom is 0.176 e. The second-order valence-corrected chi connectivity index (χ2v) is 6.08. The van der Waals surface area contributed by atoms with Crippen LogP contribution in [0.15, 0.2) is 54.7 Å².